The second-order valence-electron chi connectivity index (χ2n) is 3.07. The zero-order valence-corrected chi connectivity index (χ0v) is 8.84. The number of likely N-dealkylation sites (N-methyl/N-ethyl adjacent to an activating group) is 1. The Hall–Kier alpha value is -1.42. The molecule has 0 aliphatic rings. The molecule has 0 saturated heterocycles. The third-order valence-corrected chi connectivity index (χ3v) is 2.12. The van der Waals surface area contributed by atoms with Crippen LogP contribution in [0.3, 0.4) is 0 Å². The molecule has 0 spiro atoms. The normalized spacial score (nSPS) is 10.1. The Morgan fingerprint density at radius 3 is 2.80 bits per heavy atom. The zero-order valence-electron chi connectivity index (χ0n) is 8.84. The molecule has 0 aromatic heterocycles. The number of rotatable bonds is 5. The molecule has 0 atom stereocenters. The number of ether oxygens (including phenoxy) is 1. The van der Waals surface area contributed by atoms with Crippen LogP contribution in [0.1, 0.15) is 15.9 Å². The fourth-order valence-corrected chi connectivity index (χ4v) is 1.41. The summed E-state index contributed by atoms with van der Waals surface area (Å²) in [6, 6.07) is 4.93. The molecule has 0 saturated carbocycles. The molecule has 0 bridgehead atoms. The fourth-order valence-electron chi connectivity index (χ4n) is 1.41. The predicted molar refractivity (Wildman–Crippen MR) is 56.1 cm³/mol. The van der Waals surface area contributed by atoms with Crippen molar-refractivity contribution in [3.05, 3.63) is 29.3 Å². The second-order valence-corrected chi connectivity index (χ2v) is 3.07. The molecule has 0 heterocycles. The van der Waals surface area contributed by atoms with Crippen LogP contribution in [0.2, 0.25) is 0 Å². The second kappa shape index (κ2) is 5.46. The summed E-state index contributed by atoms with van der Waals surface area (Å²) >= 11 is 0. The van der Waals surface area contributed by atoms with Crippen molar-refractivity contribution in [2.45, 2.75) is 6.67 Å². The molecule has 0 aliphatic heterocycles. The lowest BCUT2D eigenvalue weighted by atomic mass is 10.0. The topological polar surface area (TPSA) is 38.3 Å². The van der Waals surface area contributed by atoms with E-state index in [1.54, 1.807) is 25.2 Å². The molecule has 0 amide bonds. The van der Waals surface area contributed by atoms with Crippen molar-refractivity contribution in [2.75, 3.05) is 20.7 Å². The van der Waals surface area contributed by atoms with E-state index in [-0.39, 0.29) is 12.3 Å². The molecule has 15 heavy (non-hydrogen) atoms. The Labute approximate surface area is 88.2 Å². The van der Waals surface area contributed by atoms with E-state index in [4.69, 9.17) is 4.74 Å². The first-order valence-corrected chi connectivity index (χ1v) is 4.64. The van der Waals surface area contributed by atoms with Gasteiger partial charge in [0.1, 0.15) is 12.4 Å². The van der Waals surface area contributed by atoms with Gasteiger partial charge in [0.2, 0.25) is 0 Å². The van der Waals surface area contributed by atoms with Crippen LogP contribution in [0, 0.1) is 0 Å². The minimum atomic E-state index is -0.700. The number of methoxy groups -OCH3 is 1. The Morgan fingerprint density at radius 2 is 2.27 bits per heavy atom. The number of benzene rings is 1. The predicted octanol–water partition coefficient (Wildman–Crippen LogP) is 1.57. The summed E-state index contributed by atoms with van der Waals surface area (Å²) in [4.78, 5) is 11.6. The number of alkyl halides is 1. The summed E-state index contributed by atoms with van der Waals surface area (Å²) in [6.07, 6.45) is 0. The number of nitrogens with one attached hydrogen (secondary N) is 1. The van der Waals surface area contributed by atoms with Crippen LogP contribution in [0.5, 0.6) is 5.75 Å². The summed E-state index contributed by atoms with van der Waals surface area (Å²) in [5, 5.41) is 2.74. The van der Waals surface area contributed by atoms with Gasteiger partial charge in [0.25, 0.3) is 0 Å². The molecule has 1 rings (SSSR count). The highest BCUT2D eigenvalue weighted by Crippen LogP contribution is 2.23. The quantitative estimate of drug-likeness (QED) is 0.751. The Morgan fingerprint density at radius 1 is 1.53 bits per heavy atom. The van der Waals surface area contributed by atoms with E-state index in [1.165, 1.54) is 7.11 Å². The van der Waals surface area contributed by atoms with Crippen molar-refractivity contribution in [2.24, 2.45) is 0 Å². The van der Waals surface area contributed by atoms with E-state index in [9.17, 15) is 9.18 Å². The summed E-state index contributed by atoms with van der Waals surface area (Å²) in [6.45, 7) is -0.505. The minimum Gasteiger partial charge on any atom is -0.496 e. The smallest absolute Gasteiger partial charge is 0.177 e. The Kier molecular flexibility index (Phi) is 4.24. The number of carbonyl (C=O) groups excluding carboxylic acids is 1. The lowest BCUT2D eigenvalue weighted by Crippen LogP contribution is -2.19. The van der Waals surface area contributed by atoms with E-state index in [0.717, 1.165) is 0 Å². The van der Waals surface area contributed by atoms with E-state index in [1.807, 2.05) is 0 Å². The van der Waals surface area contributed by atoms with Crippen molar-refractivity contribution in [3.8, 4) is 5.75 Å². The van der Waals surface area contributed by atoms with E-state index in [0.29, 0.717) is 16.9 Å². The Bertz CT molecular complexity index is 352. The highest BCUT2D eigenvalue weighted by Gasteiger charge is 2.14. The van der Waals surface area contributed by atoms with Gasteiger partial charge >= 0.3 is 0 Å². The van der Waals surface area contributed by atoms with Crippen molar-refractivity contribution >= 4 is 5.78 Å². The minimum absolute atomic E-state index is 0.135. The van der Waals surface area contributed by atoms with Crippen LogP contribution in [-0.2, 0) is 6.67 Å². The number of Topliss-reactive ketones (excluding diaryl/α,β-unsaturated/α-hetero) is 1. The van der Waals surface area contributed by atoms with E-state index >= 15 is 0 Å². The molecular formula is C11H14FNO2. The van der Waals surface area contributed by atoms with Gasteiger partial charge in [-0.15, -0.1) is 0 Å². The monoisotopic (exact) mass is 211 g/mol. The van der Waals surface area contributed by atoms with Crippen LogP contribution >= 0.6 is 0 Å². The average molecular weight is 211 g/mol. The van der Waals surface area contributed by atoms with Gasteiger partial charge in [-0.05, 0) is 13.1 Å². The molecule has 0 unspecified atom stereocenters. The van der Waals surface area contributed by atoms with Crippen molar-refractivity contribution in [3.63, 3.8) is 0 Å². The molecule has 1 N–H and O–H groups in total. The standard InChI is InChI=1S/C11H14FNO2/c1-13-7-10(14)8-4-3-5-11(15-2)9(8)6-12/h3-5,13H,6-7H2,1-2H3. The van der Waals surface area contributed by atoms with Gasteiger partial charge in [-0.2, -0.15) is 0 Å². The maximum absolute atomic E-state index is 12.8. The van der Waals surface area contributed by atoms with Gasteiger partial charge in [-0.1, -0.05) is 12.1 Å². The van der Waals surface area contributed by atoms with Crippen LogP contribution in [0.15, 0.2) is 18.2 Å². The maximum Gasteiger partial charge on any atom is 0.177 e. The first-order valence-electron chi connectivity index (χ1n) is 4.64. The van der Waals surface area contributed by atoms with Crippen molar-refractivity contribution < 1.29 is 13.9 Å². The van der Waals surface area contributed by atoms with Crippen LogP contribution in [0.4, 0.5) is 4.39 Å². The van der Waals surface area contributed by atoms with Gasteiger partial charge in [0, 0.05) is 11.1 Å². The SMILES string of the molecule is CNCC(=O)c1cccc(OC)c1CF. The number of halogens is 1. The molecule has 0 aliphatic carbocycles. The summed E-state index contributed by atoms with van der Waals surface area (Å²) in [7, 11) is 3.13. The molecule has 3 nitrogen and oxygen atoms in total. The van der Waals surface area contributed by atoms with Gasteiger partial charge in [0.15, 0.2) is 5.78 Å². The molecular weight excluding hydrogens is 197 g/mol. The molecule has 1 aromatic rings. The lowest BCUT2D eigenvalue weighted by Gasteiger charge is -2.10. The molecule has 0 radical (unpaired) electrons. The first kappa shape index (κ1) is 11.7. The largest absolute Gasteiger partial charge is 0.496 e. The number of carbonyl (C=O) groups is 1. The van der Waals surface area contributed by atoms with Crippen molar-refractivity contribution in [1.82, 2.24) is 5.32 Å². The average Bonchev–Trinajstić information content (AvgIpc) is 2.28. The van der Waals surface area contributed by atoms with Crippen LogP contribution < -0.4 is 10.1 Å². The van der Waals surface area contributed by atoms with Crippen LogP contribution in [0.25, 0.3) is 0 Å². The summed E-state index contributed by atoms with van der Waals surface area (Å²) in [5.41, 5.74) is 0.700. The molecule has 82 valence electrons. The number of hydrogen-bond donors (Lipinski definition) is 1. The molecule has 4 heteroatoms. The summed E-state index contributed by atoms with van der Waals surface area (Å²) in [5.74, 6) is 0.281. The van der Waals surface area contributed by atoms with Gasteiger partial charge < -0.3 is 10.1 Å². The van der Waals surface area contributed by atoms with E-state index in [2.05, 4.69) is 5.32 Å². The number of hydrogen-bond acceptors (Lipinski definition) is 3. The molecule has 0 fully saturated rings. The third-order valence-electron chi connectivity index (χ3n) is 2.12. The fraction of sp³-hybridized carbons (Fsp3) is 0.364. The van der Waals surface area contributed by atoms with Crippen molar-refractivity contribution in [1.29, 1.82) is 0 Å². The van der Waals surface area contributed by atoms with Gasteiger partial charge in [-0.25, -0.2) is 4.39 Å². The molecule has 1 aromatic carbocycles. The van der Waals surface area contributed by atoms with E-state index < -0.39 is 6.67 Å². The first-order chi connectivity index (χ1) is 7.24. The number of ketones is 1. The highest BCUT2D eigenvalue weighted by molar-refractivity contribution is 5.99. The summed E-state index contributed by atoms with van der Waals surface area (Å²) < 4.78 is 17.8. The highest BCUT2D eigenvalue weighted by atomic mass is 19.1. The zero-order chi connectivity index (χ0) is 11.3. The Balaban J connectivity index is 3.11. The van der Waals surface area contributed by atoms with Gasteiger partial charge in [-0.3, -0.25) is 4.79 Å². The van der Waals surface area contributed by atoms with Crippen LogP contribution in [-0.4, -0.2) is 26.5 Å². The lowest BCUT2D eigenvalue weighted by molar-refractivity contribution is 0.0991. The van der Waals surface area contributed by atoms with Gasteiger partial charge in [0.05, 0.1) is 13.7 Å². The third kappa shape index (κ3) is 2.53. The maximum atomic E-state index is 12.8.